The van der Waals surface area contributed by atoms with Crippen LogP contribution in [-0.2, 0) is 6.18 Å². The minimum atomic E-state index is -4.82. The van der Waals surface area contributed by atoms with Gasteiger partial charge in [0.1, 0.15) is 10.8 Å². The molecule has 2 aliphatic rings. The van der Waals surface area contributed by atoms with Gasteiger partial charge in [0, 0.05) is 42.5 Å². The Morgan fingerprint density at radius 2 is 1.92 bits per heavy atom. The monoisotopic (exact) mass is 532 g/mol. The molecular formula is C22H19ClF6N6O. The topological polar surface area (TPSA) is 67.9 Å². The van der Waals surface area contributed by atoms with Crippen LogP contribution in [0.1, 0.15) is 19.0 Å². The largest absolute Gasteiger partial charge is 0.480 e. The summed E-state index contributed by atoms with van der Waals surface area (Å²) in [6, 6.07) is 5.01. The summed E-state index contributed by atoms with van der Waals surface area (Å²) in [5.41, 5.74) is -0.0223. The van der Waals surface area contributed by atoms with E-state index in [1.54, 1.807) is 12.3 Å². The van der Waals surface area contributed by atoms with Crippen LogP contribution in [0.3, 0.4) is 0 Å². The number of fused-ring (bicyclic) bond motifs is 2. The molecule has 0 bridgehead atoms. The highest BCUT2D eigenvalue weighted by Gasteiger charge is 2.51. The molecule has 192 valence electrons. The summed E-state index contributed by atoms with van der Waals surface area (Å²) in [5.74, 6) is -0.335. The zero-order valence-electron chi connectivity index (χ0n) is 18.7. The number of nitrogens with zero attached hydrogens (tertiary/aromatic N) is 6. The van der Waals surface area contributed by atoms with Crippen molar-refractivity contribution in [2.45, 2.75) is 25.7 Å². The molecule has 5 rings (SSSR count). The van der Waals surface area contributed by atoms with E-state index < -0.39 is 36.1 Å². The highest BCUT2D eigenvalue weighted by Crippen LogP contribution is 2.47. The number of hydrogen-bond donors (Lipinski definition) is 0. The van der Waals surface area contributed by atoms with Gasteiger partial charge >= 0.3 is 12.4 Å². The smallest absolute Gasteiger partial charge is 0.433 e. The van der Waals surface area contributed by atoms with E-state index in [4.69, 9.17) is 16.3 Å². The van der Waals surface area contributed by atoms with Gasteiger partial charge < -0.3 is 9.64 Å². The molecule has 2 fully saturated rings. The molecule has 36 heavy (non-hydrogen) atoms. The predicted octanol–water partition coefficient (Wildman–Crippen LogP) is 5.60. The lowest BCUT2D eigenvalue weighted by molar-refractivity contribution is -0.153. The van der Waals surface area contributed by atoms with E-state index in [1.165, 1.54) is 0 Å². The van der Waals surface area contributed by atoms with E-state index >= 15 is 0 Å². The summed E-state index contributed by atoms with van der Waals surface area (Å²) < 4.78 is 83.7. The van der Waals surface area contributed by atoms with Crippen molar-refractivity contribution < 1.29 is 31.1 Å². The first kappa shape index (κ1) is 24.6. The van der Waals surface area contributed by atoms with Crippen molar-refractivity contribution in [3.8, 4) is 5.75 Å². The first-order valence-corrected chi connectivity index (χ1v) is 11.4. The van der Waals surface area contributed by atoms with Gasteiger partial charge in [-0.3, -0.25) is 0 Å². The average molecular weight is 533 g/mol. The van der Waals surface area contributed by atoms with Crippen molar-refractivity contribution in [3.05, 3.63) is 41.3 Å². The van der Waals surface area contributed by atoms with Gasteiger partial charge in [0.25, 0.3) is 5.95 Å². The van der Waals surface area contributed by atoms with Gasteiger partial charge in [0.05, 0.1) is 0 Å². The maximum atomic E-state index is 13.5. The summed E-state index contributed by atoms with van der Waals surface area (Å²) in [4.78, 5) is 14.6. The van der Waals surface area contributed by atoms with Crippen molar-refractivity contribution in [1.29, 1.82) is 0 Å². The molecule has 14 heteroatoms. The highest BCUT2D eigenvalue weighted by atomic mass is 35.5. The zero-order valence-corrected chi connectivity index (χ0v) is 19.4. The number of anilines is 1. The van der Waals surface area contributed by atoms with Crippen LogP contribution in [0.5, 0.6) is 5.75 Å². The van der Waals surface area contributed by atoms with Gasteiger partial charge in [0.2, 0.25) is 0 Å². The van der Waals surface area contributed by atoms with Crippen molar-refractivity contribution >= 4 is 34.6 Å². The van der Waals surface area contributed by atoms with Crippen LogP contribution in [-0.4, -0.2) is 51.2 Å². The summed E-state index contributed by atoms with van der Waals surface area (Å²) in [6.45, 7) is 1.70. The molecule has 1 unspecified atom stereocenters. The third-order valence-corrected chi connectivity index (χ3v) is 6.71. The standard InChI is InChI=1S/C22H19ClF6N6O/c1-2-12-13-8-34(11-5-6-30-17(23)7-11)9-14(13)18(12)31-20-32-19-15(36-10-21(24,25)26)3-4-16(22(27,28)29)35(19)33-20/h3-7,12-14H,2,8-10H2,1H3/t12-,13?,14-/m1/s1. The number of aliphatic imine (C=N–C) groups is 1. The van der Waals surface area contributed by atoms with E-state index in [0.29, 0.717) is 22.3 Å². The molecule has 3 atom stereocenters. The van der Waals surface area contributed by atoms with Crippen molar-refractivity contribution in [2.24, 2.45) is 22.7 Å². The van der Waals surface area contributed by atoms with Crippen molar-refractivity contribution in [3.63, 3.8) is 0 Å². The fourth-order valence-electron chi connectivity index (χ4n) is 4.98. The van der Waals surface area contributed by atoms with E-state index in [2.05, 4.69) is 25.0 Å². The van der Waals surface area contributed by atoms with Gasteiger partial charge in [0.15, 0.2) is 18.0 Å². The molecular weight excluding hydrogens is 514 g/mol. The van der Waals surface area contributed by atoms with Gasteiger partial charge in [-0.25, -0.2) is 14.5 Å². The van der Waals surface area contributed by atoms with Gasteiger partial charge in [-0.1, -0.05) is 18.5 Å². The van der Waals surface area contributed by atoms with Crippen LogP contribution in [0, 0.1) is 17.8 Å². The number of rotatable bonds is 5. The molecule has 1 aliphatic heterocycles. The van der Waals surface area contributed by atoms with Crippen LogP contribution >= 0.6 is 11.6 Å². The second-order valence-electron chi connectivity index (χ2n) is 8.70. The van der Waals surface area contributed by atoms with Crippen LogP contribution in [0.2, 0.25) is 5.15 Å². The average Bonchev–Trinajstić information content (AvgIpc) is 3.37. The molecule has 0 radical (unpaired) electrons. The second-order valence-corrected chi connectivity index (χ2v) is 9.08. The zero-order chi connectivity index (χ0) is 25.8. The predicted molar refractivity (Wildman–Crippen MR) is 119 cm³/mol. The number of pyridine rings is 2. The Morgan fingerprint density at radius 3 is 2.58 bits per heavy atom. The molecule has 0 amide bonds. The number of aromatic nitrogens is 4. The molecule has 3 aromatic heterocycles. The molecule has 1 saturated carbocycles. The summed E-state index contributed by atoms with van der Waals surface area (Å²) >= 11 is 6.01. The van der Waals surface area contributed by atoms with Crippen molar-refractivity contribution in [1.82, 2.24) is 19.6 Å². The number of halogens is 7. The molecule has 1 saturated heterocycles. The minimum absolute atomic E-state index is 0.0385. The fourth-order valence-corrected chi connectivity index (χ4v) is 5.15. The summed E-state index contributed by atoms with van der Waals surface area (Å²) in [6.07, 6.45) is -7.12. The maximum absolute atomic E-state index is 13.5. The van der Waals surface area contributed by atoms with Crippen molar-refractivity contribution in [2.75, 3.05) is 24.6 Å². The van der Waals surface area contributed by atoms with Crippen LogP contribution in [0.25, 0.3) is 5.65 Å². The Morgan fingerprint density at radius 1 is 1.14 bits per heavy atom. The molecule has 0 spiro atoms. The van der Waals surface area contributed by atoms with E-state index in [1.807, 2.05) is 13.0 Å². The van der Waals surface area contributed by atoms with Gasteiger partial charge in [-0.15, -0.1) is 5.10 Å². The molecule has 7 nitrogen and oxygen atoms in total. The first-order valence-electron chi connectivity index (χ1n) is 11.1. The second kappa shape index (κ2) is 8.79. The molecule has 1 aliphatic carbocycles. The lowest BCUT2D eigenvalue weighted by atomic mass is 9.63. The van der Waals surface area contributed by atoms with E-state index in [-0.39, 0.29) is 23.7 Å². The van der Waals surface area contributed by atoms with Gasteiger partial charge in [-0.2, -0.15) is 31.3 Å². The number of alkyl halides is 6. The van der Waals surface area contributed by atoms with E-state index in [9.17, 15) is 26.3 Å². The third kappa shape index (κ3) is 4.56. The quantitative estimate of drug-likeness (QED) is 0.316. The fraction of sp³-hybridized carbons (Fsp3) is 0.455. The Balaban J connectivity index is 1.48. The van der Waals surface area contributed by atoms with Gasteiger partial charge in [-0.05, 0) is 36.6 Å². The SMILES string of the molecule is CC[C@H]1C(=Nc2nc3c(OCC(F)(F)F)ccc(C(F)(F)F)n3n2)[C@@H]2CN(c3ccnc(Cl)c3)CC12. The molecule has 0 aromatic carbocycles. The minimum Gasteiger partial charge on any atom is -0.480 e. The van der Waals surface area contributed by atoms with Crippen LogP contribution in [0.15, 0.2) is 35.5 Å². The Hall–Kier alpha value is -3.09. The Kier molecular flexibility index (Phi) is 6.00. The number of ether oxygens (including phenoxy) is 1. The third-order valence-electron chi connectivity index (χ3n) is 6.50. The first-order chi connectivity index (χ1) is 16.9. The summed E-state index contributed by atoms with van der Waals surface area (Å²) in [5, 5.41) is 4.24. The number of hydrogen-bond acceptors (Lipinski definition) is 6. The molecule has 0 N–H and O–H groups in total. The van der Waals surface area contributed by atoms with Crippen LogP contribution < -0.4 is 9.64 Å². The normalized spacial score (nSPS) is 23.3. The van der Waals surface area contributed by atoms with Crippen LogP contribution in [0.4, 0.5) is 38.0 Å². The maximum Gasteiger partial charge on any atom is 0.433 e. The molecule has 4 heterocycles. The lowest BCUT2D eigenvalue weighted by Gasteiger charge is -2.40. The van der Waals surface area contributed by atoms with E-state index in [0.717, 1.165) is 30.4 Å². The summed E-state index contributed by atoms with van der Waals surface area (Å²) in [7, 11) is 0. The lowest BCUT2D eigenvalue weighted by Crippen LogP contribution is -2.46. The molecule has 3 aromatic rings. The highest BCUT2D eigenvalue weighted by molar-refractivity contribution is 6.29. The Labute approximate surface area is 205 Å². The Bertz CT molecular complexity index is 1320.